The molecule has 2 rings (SSSR count). The van der Waals surface area contributed by atoms with Gasteiger partial charge in [-0.05, 0) is 38.1 Å². The van der Waals surface area contributed by atoms with Gasteiger partial charge in [-0.1, -0.05) is 46.6 Å². The summed E-state index contributed by atoms with van der Waals surface area (Å²) in [7, 11) is 0. The Bertz CT molecular complexity index is 610. The molecule has 3 nitrogen and oxygen atoms in total. The molecular formula is C16H21BrClN3. The number of benzene rings is 1. The van der Waals surface area contributed by atoms with E-state index in [0.717, 1.165) is 40.4 Å². The highest BCUT2D eigenvalue weighted by Crippen LogP contribution is 2.27. The molecule has 0 spiro atoms. The van der Waals surface area contributed by atoms with Gasteiger partial charge in [-0.15, -0.1) is 0 Å². The van der Waals surface area contributed by atoms with Crippen molar-refractivity contribution in [3.05, 3.63) is 50.7 Å². The fourth-order valence-electron chi connectivity index (χ4n) is 2.53. The molecule has 1 aromatic carbocycles. The average molecular weight is 371 g/mol. The number of hydrogen-bond donors (Lipinski definition) is 1. The first-order valence-electron chi connectivity index (χ1n) is 7.27. The zero-order chi connectivity index (χ0) is 15.4. The first-order chi connectivity index (χ1) is 10.1. The first kappa shape index (κ1) is 16.5. The third kappa shape index (κ3) is 3.87. The minimum absolute atomic E-state index is 0.228. The standard InChI is InChI=1S/C16H21BrClN3/c1-4-19-14(12-7-6-8-13(17)9-12)10-15-16(18)11(3)20-21(15)5-2/h6-9,14,19H,4-5,10H2,1-3H3. The Morgan fingerprint density at radius 3 is 2.76 bits per heavy atom. The van der Waals surface area contributed by atoms with Crippen molar-refractivity contribution in [1.29, 1.82) is 0 Å². The summed E-state index contributed by atoms with van der Waals surface area (Å²) in [4.78, 5) is 0. The molecule has 1 atom stereocenters. The second-order valence-electron chi connectivity index (χ2n) is 5.03. The number of hydrogen-bond acceptors (Lipinski definition) is 2. The van der Waals surface area contributed by atoms with Crippen LogP contribution in [0.3, 0.4) is 0 Å². The highest BCUT2D eigenvalue weighted by Gasteiger charge is 2.18. The largest absolute Gasteiger partial charge is 0.310 e. The summed E-state index contributed by atoms with van der Waals surface area (Å²) in [6.07, 6.45) is 0.831. The summed E-state index contributed by atoms with van der Waals surface area (Å²) in [5.74, 6) is 0. The Labute approximate surface area is 139 Å². The molecule has 0 bridgehead atoms. The van der Waals surface area contributed by atoms with Crippen LogP contribution in [-0.2, 0) is 13.0 Å². The molecular weight excluding hydrogens is 350 g/mol. The van der Waals surface area contributed by atoms with Crippen molar-refractivity contribution in [3.8, 4) is 0 Å². The van der Waals surface area contributed by atoms with Crippen molar-refractivity contribution in [2.24, 2.45) is 0 Å². The Morgan fingerprint density at radius 1 is 1.38 bits per heavy atom. The topological polar surface area (TPSA) is 29.9 Å². The van der Waals surface area contributed by atoms with E-state index in [0.29, 0.717) is 0 Å². The van der Waals surface area contributed by atoms with Gasteiger partial charge in [0.25, 0.3) is 0 Å². The van der Waals surface area contributed by atoms with Crippen LogP contribution < -0.4 is 5.32 Å². The van der Waals surface area contributed by atoms with Crippen molar-refractivity contribution >= 4 is 27.5 Å². The van der Waals surface area contributed by atoms with Crippen LogP contribution in [0, 0.1) is 6.92 Å². The number of halogens is 2. The lowest BCUT2D eigenvalue weighted by atomic mass is 10.0. The monoisotopic (exact) mass is 369 g/mol. The molecule has 2 aromatic rings. The summed E-state index contributed by atoms with van der Waals surface area (Å²) in [6.45, 7) is 7.91. The van der Waals surface area contributed by atoms with Crippen molar-refractivity contribution in [1.82, 2.24) is 15.1 Å². The zero-order valence-corrected chi connectivity index (χ0v) is 15.0. The van der Waals surface area contributed by atoms with Gasteiger partial charge in [0.1, 0.15) is 0 Å². The van der Waals surface area contributed by atoms with Gasteiger partial charge in [0.05, 0.1) is 16.4 Å². The van der Waals surface area contributed by atoms with Gasteiger partial charge in [-0.2, -0.15) is 5.10 Å². The predicted molar refractivity (Wildman–Crippen MR) is 91.9 cm³/mol. The van der Waals surface area contributed by atoms with E-state index in [9.17, 15) is 0 Å². The first-order valence-corrected chi connectivity index (χ1v) is 8.44. The van der Waals surface area contributed by atoms with Crippen LogP contribution in [0.25, 0.3) is 0 Å². The molecule has 0 radical (unpaired) electrons. The Balaban J connectivity index is 2.32. The average Bonchev–Trinajstić information content (AvgIpc) is 2.74. The van der Waals surface area contributed by atoms with E-state index in [1.54, 1.807) is 0 Å². The lowest BCUT2D eigenvalue weighted by Gasteiger charge is -2.19. The minimum Gasteiger partial charge on any atom is -0.310 e. The summed E-state index contributed by atoms with van der Waals surface area (Å²) in [6, 6.07) is 8.63. The third-order valence-electron chi connectivity index (χ3n) is 3.55. The van der Waals surface area contributed by atoms with Gasteiger partial charge in [-0.3, -0.25) is 4.68 Å². The molecule has 1 heterocycles. The normalized spacial score (nSPS) is 12.6. The van der Waals surface area contributed by atoms with Crippen LogP contribution in [0.4, 0.5) is 0 Å². The van der Waals surface area contributed by atoms with E-state index < -0.39 is 0 Å². The van der Waals surface area contributed by atoms with E-state index in [-0.39, 0.29) is 6.04 Å². The van der Waals surface area contributed by atoms with Crippen LogP contribution in [0.2, 0.25) is 5.02 Å². The highest BCUT2D eigenvalue weighted by atomic mass is 79.9. The van der Waals surface area contributed by atoms with Crippen LogP contribution in [-0.4, -0.2) is 16.3 Å². The summed E-state index contributed by atoms with van der Waals surface area (Å²) in [5.41, 5.74) is 3.25. The molecule has 0 aliphatic carbocycles. The van der Waals surface area contributed by atoms with Crippen molar-refractivity contribution in [2.45, 2.75) is 39.8 Å². The lowest BCUT2D eigenvalue weighted by Crippen LogP contribution is -2.24. The minimum atomic E-state index is 0.228. The number of aryl methyl sites for hydroxylation is 2. The number of nitrogens with zero attached hydrogens (tertiary/aromatic N) is 2. The second kappa shape index (κ2) is 7.43. The van der Waals surface area contributed by atoms with Gasteiger partial charge in [0.2, 0.25) is 0 Å². The molecule has 114 valence electrons. The van der Waals surface area contributed by atoms with E-state index in [1.165, 1.54) is 5.56 Å². The van der Waals surface area contributed by atoms with Gasteiger partial charge < -0.3 is 5.32 Å². The number of nitrogens with one attached hydrogen (secondary N) is 1. The quantitative estimate of drug-likeness (QED) is 0.810. The van der Waals surface area contributed by atoms with Gasteiger partial charge >= 0.3 is 0 Å². The maximum absolute atomic E-state index is 6.44. The van der Waals surface area contributed by atoms with Gasteiger partial charge in [-0.25, -0.2) is 0 Å². The molecule has 1 N–H and O–H groups in total. The fourth-order valence-corrected chi connectivity index (χ4v) is 3.16. The molecule has 21 heavy (non-hydrogen) atoms. The van der Waals surface area contributed by atoms with Crippen molar-refractivity contribution in [3.63, 3.8) is 0 Å². The van der Waals surface area contributed by atoms with Crippen LogP contribution >= 0.6 is 27.5 Å². The molecule has 0 fully saturated rings. The number of rotatable bonds is 6. The molecule has 1 aromatic heterocycles. The predicted octanol–water partition coefficient (Wildman–Crippen LogP) is 4.52. The van der Waals surface area contributed by atoms with Gasteiger partial charge in [0, 0.05) is 23.5 Å². The molecule has 0 aliphatic heterocycles. The van der Waals surface area contributed by atoms with E-state index in [1.807, 2.05) is 17.7 Å². The second-order valence-corrected chi connectivity index (χ2v) is 6.32. The fraction of sp³-hybridized carbons (Fsp3) is 0.438. The Hall–Kier alpha value is -0.840. The molecule has 0 amide bonds. The van der Waals surface area contributed by atoms with E-state index in [4.69, 9.17) is 11.6 Å². The van der Waals surface area contributed by atoms with Crippen LogP contribution in [0.5, 0.6) is 0 Å². The van der Waals surface area contributed by atoms with Crippen molar-refractivity contribution in [2.75, 3.05) is 6.54 Å². The molecule has 0 aliphatic rings. The Kier molecular flexibility index (Phi) is 5.85. The number of aromatic nitrogens is 2. The molecule has 0 saturated carbocycles. The van der Waals surface area contributed by atoms with E-state index >= 15 is 0 Å². The van der Waals surface area contributed by atoms with Gasteiger partial charge in [0.15, 0.2) is 0 Å². The van der Waals surface area contributed by atoms with E-state index in [2.05, 4.69) is 58.4 Å². The third-order valence-corrected chi connectivity index (χ3v) is 4.54. The zero-order valence-electron chi connectivity index (χ0n) is 12.7. The molecule has 0 saturated heterocycles. The summed E-state index contributed by atoms with van der Waals surface area (Å²) >= 11 is 9.98. The van der Waals surface area contributed by atoms with Crippen LogP contribution in [0.15, 0.2) is 28.7 Å². The lowest BCUT2D eigenvalue weighted by molar-refractivity contribution is 0.516. The SMILES string of the molecule is CCNC(Cc1c(Cl)c(C)nn1CC)c1cccc(Br)c1. The van der Waals surface area contributed by atoms with Crippen LogP contribution in [0.1, 0.15) is 36.8 Å². The maximum atomic E-state index is 6.44. The summed E-state index contributed by atoms with van der Waals surface area (Å²) in [5, 5.41) is 8.83. The van der Waals surface area contributed by atoms with Crippen molar-refractivity contribution < 1.29 is 0 Å². The molecule has 1 unspecified atom stereocenters. The molecule has 5 heteroatoms. The highest BCUT2D eigenvalue weighted by molar-refractivity contribution is 9.10. The Morgan fingerprint density at radius 2 is 2.14 bits per heavy atom. The summed E-state index contributed by atoms with van der Waals surface area (Å²) < 4.78 is 3.09. The number of likely N-dealkylation sites (N-methyl/N-ethyl adjacent to an activating group) is 1. The maximum Gasteiger partial charge on any atom is 0.0847 e. The smallest absolute Gasteiger partial charge is 0.0847 e.